The molecule has 0 spiro atoms. The van der Waals surface area contributed by atoms with Gasteiger partial charge in [-0.1, -0.05) is 309 Å². The summed E-state index contributed by atoms with van der Waals surface area (Å²) in [5.41, 5.74) is 0. The molecular weight excluding hydrogens is 1500 g/mol. The van der Waals surface area contributed by atoms with E-state index >= 15 is 0 Å². The minimum Gasteiger partial charge on any atom is -0.463 e. The molecule has 26 heteroatoms. The summed E-state index contributed by atoms with van der Waals surface area (Å²) in [6.45, 7) is 5.55. The minimum absolute atomic E-state index is 0.0134. The molecular formula is C89H163O25P. The maximum Gasteiger partial charge on any atom is 0.472 e. The molecule has 18 unspecified atom stereocenters. The fraction of sp³-hybridized carbons (Fsp3) is 0.910. The zero-order chi connectivity index (χ0) is 84.0. The van der Waals surface area contributed by atoms with E-state index < -0.39 is 162 Å². The molecule has 1 aliphatic carbocycles. The topological polar surface area (TPSA) is 380 Å². The fourth-order valence-corrected chi connectivity index (χ4v) is 16.0. The molecule has 0 aromatic rings. The molecule has 0 aromatic carbocycles. The number of ether oxygens (including phenoxy) is 8. The van der Waals surface area contributed by atoms with Crippen molar-refractivity contribution in [1.29, 1.82) is 0 Å². The van der Waals surface area contributed by atoms with Crippen molar-refractivity contribution in [2.45, 2.75) is 491 Å². The molecule has 2 heterocycles. The van der Waals surface area contributed by atoms with Crippen LogP contribution in [-0.4, -0.2) is 205 Å². The molecule has 0 amide bonds. The Balaban J connectivity index is 1.92. The van der Waals surface area contributed by atoms with Gasteiger partial charge in [0.05, 0.1) is 13.2 Å². The Labute approximate surface area is 692 Å². The van der Waals surface area contributed by atoms with Crippen LogP contribution in [0.15, 0.2) is 24.3 Å². The van der Waals surface area contributed by atoms with Gasteiger partial charge in [-0.3, -0.25) is 28.2 Å². The van der Waals surface area contributed by atoms with E-state index in [1.54, 1.807) is 0 Å². The van der Waals surface area contributed by atoms with Gasteiger partial charge in [-0.2, -0.15) is 0 Å². The molecule has 3 aliphatic rings. The summed E-state index contributed by atoms with van der Waals surface area (Å²) < 4.78 is 73.3. The third kappa shape index (κ3) is 49.0. The highest BCUT2D eigenvalue weighted by Gasteiger charge is 2.60. The Kier molecular flexibility index (Phi) is 63.2. The first-order chi connectivity index (χ1) is 55.7. The highest BCUT2D eigenvalue weighted by molar-refractivity contribution is 7.47. The summed E-state index contributed by atoms with van der Waals surface area (Å²) in [5, 5.41) is 102. The van der Waals surface area contributed by atoms with E-state index in [9.17, 15) is 74.6 Å². The smallest absolute Gasteiger partial charge is 0.463 e. The third-order valence-electron chi connectivity index (χ3n) is 22.4. The van der Waals surface area contributed by atoms with Gasteiger partial charge in [0.2, 0.25) is 0 Å². The van der Waals surface area contributed by atoms with Crippen LogP contribution in [0.1, 0.15) is 387 Å². The van der Waals surface area contributed by atoms with Crippen LogP contribution in [0.4, 0.5) is 0 Å². The average molecular weight is 1660 g/mol. The van der Waals surface area contributed by atoms with E-state index in [0.29, 0.717) is 38.5 Å². The van der Waals surface area contributed by atoms with Gasteiger partial charge >= 0.3 is 31.7 Å². The number of aliphatic hydroxyl groups excluding tert-OH is 9. The van der Waals surface area contributed by atoms with E-state index in [0.717, 1.165) is 141 Å². The Morgan fingerprint density at radius 1 is 0.339 bits per heavy atom. The number of esters is 4. The first-order valence-electron chi connectivity index (χ1n) is 46.1. The number of hydrogen-bond acceptors (Lipinski definition) is 24. The van der Waals surface area contributed by atoms with Crippen LogP contribution in [0.5, 0.6) is 0 Å². The monoisotopic (exact) mass is 1660 g/mol. The minimum atomic E-state index is -5.81. The van der Waals surface area contributed by atoms with Crippen molar-refractivity contribution in [2.24, 2.45) is 0 Å². The van der Waals surface area contributed by atoms with Crippen molar-refractivity contribution in [3.63, 3.8) is 0 Å². The van der Waals surface area contributed by atoms with E-state index in [4.69, 9.17) is 46.9 Å². The summed E-state index contributed by atoms with van der Waals surface area (Å²) in [5.74, 6) is -2.99. The Bertz CT molecular complexity index is 2490. The fourth-order valence-electron chi connectivity index (χ4n) is 15.1. The molecule has 3 rings (SSSR count). The highest BCUT2D eigenvalue weighted by Crippen LogP contribution is 2.49. The maximum absolute atomic E-state index is 14.9. The number of rotatable bonds is 74. The van der Waals surface area contributed by atoms with Crippen molar-refractivity contribution in [3.05, 3.63) is 24.3 Å². The van der Waals surface area contributed by atoms with E-state index in [1.165, 1.54) is 154 Å². The van der Waals surface area contributed by atoms with Gasteiger partial charge in [0, 0.05) is 25.7 Å². The van der Waals surface area contributed by atoms with Gasteiger partial charge in [0.1, 0.15) is 92.6 Å². The zero-order valence-corrected chi connectivity index (χ0v) is 72.5. The normalized spacial score (nSPS) is 25.3. The second-order valence-corrected chi connectivity index (χ2v) is 34.2. The van der Waals surface area contributed by atoms with Crippen molar-refractivity contribution < 1.29 is 122 Å². The molecule has 1 saturated carbocycles. The lowest BCUT2D eigenvalue weighted by Crippen LogP contribution is -2.70. The maximum atomic E-state index is 14.9. The van der Waals surface area contributed by atoms with Crippen LogP contribution >= 0.6 is 7.82 Å². The zero-order valence-electron chi connectivity index (χ0n) is 71.6. The first-order valence-corrected chi connectivity index (χ1v) is 47.6. The molecule has 0 bridgehead atoms. The predicted molar refractivity (Wildman–Crippen MR) is 444 cm³/mol. The third-order valence-corrected chi connectivity index (χ3v) is 23.4. The van der Waals surface area contributed by atoms with Gasteiger partial charge in [-0.05, 0) is 77.0 Å². The lowest BCUT2D eigenvalue weighted by Gasteiger charge is -2.50. The van der Waals surface area contributed by atoms with Crippen molar-refractivity contribution in [2.75, 3.05) is 26.4 Å². The Hall–Kier alpha value is -3.05. The van der Waals surface area contributed by atoms with Crippen LogP contribution in [0.2, 0.25) is 0 Å². The van der Waals surface area contributed by atoms with E-state index in [1.807, 2.05) is 0 Å². The van der Waals surface area contributed by atoms with Crippen molar-refractivity contribution >= 4 is 31.7 Å². The van der Waals surface area contributed by atoms with Crippen LogP contribution in [0.3, 0.4) is 0 Å². The summed E-state index contributed by atoms with van der Waals surface area (Å²) in [6.07, 6.45) is 27.6. The SMILES string of the molecule is CCCCCC/C=C\CCCCCCCCCC(=O)OC(COC(=O)CCCCC/C=C\CCCCCCCC)COP(=O)(O)OC1C(OC2OC(CO)C(O)C(O)C2O)C(O)C(O)C(OC(=O)CCCCCCCCCCCCCCC)C1OC1OC(COC(=O)CCCCCCCCCCCCCCCCC)C(O)C(O)C1O. The number of carbonyl (C=O) groups is 4. The first kappa shape index (κ1) is 106. The summed E-state index contributed by atoms with van der Waals surface area (Å²) in [6, 6.07) is 0. The molecule has 2 aliphatic heterocycles. The molecule has 3 fully saturated rings. The van der Waals surface area contributed by atoms with Crippen LogP contribution in [0.25, 0.3) is 0 Å². The van der Waals surface area contributed by atoms with Gasteiger partial charge in [0.25, 0.3) is 0 Å². The number of carbonyl (C=O) groups excluding carboxylic acids is 4. The Morgan fingerprint density at radius 3 is 1.05 bits per heavy atom. The molecule has 2 saturated heterocycles. The van der Waals surface area contributed by atoms with Gasteiger partial charge in [0.15, 0.2) is 24.8 Å². The van der Waals surface area contributed by atoms with Gasteiger partial charge in [-0.25, -0.2) is 4.57 Å². The summed E-state index contributed by atoms with van der Waals surface area (Å²) >= 11 is 0. The van der Waals surface area contributed by atoms with Crippen molar-refractivity contribution in [3.8, 4) is 0 Å². The molecule has 18 atom stereocenters. The number of aliphatic hydroxyl groups is 9. The Morgan fingerprint density at radius 2 is 0.652 bits per heavy atom. The lowest BCUT2D eigenvalue weighted by molar-refractivity contribution is -0.360. The van der Waals surface area contributed by atoms with Crippen molar-refractivity contribution in [1.82, 2.24) is 0 Å². The number of unbranched alkanes of at least 4 members (excludes halogenated alkanes) is 46. The van der Waals surface area contributed by atoms with E-state index in [2.05, 4.69) is 52.0 Å². The molecule has 0 radical (unpaired) electrons. The number of phosphoric acid groups is 1. The molecule has 674 valence electrons. The molecule has 0 aromatic heterocycles. The van der Waals surface area contributed by atoms with Gasteiger partial charge < -0.3 is 88.7 Å². The predicted octanol–water partition coefficient (Wildman–Crippen LogP) is 16.5. The molecule has 10 N–H and O–H groups in total. The van der Waals surface area contributed by atoms with Gasteiger partial charge in [-0.15, -0.1) is 0 Å². The van der Waals surface area contributed by atoms with Crippen LogP contribution < -0.4 is 0 Å². The second-order valence-electron chi connectivity index (χ2n) is 32.8. The number of hydrogen-bond donors (Lipinski definition) is 10. The standard InChI is InChI=1S/C89H163O25P/c1-5-9-13-17-21-25-29-33-35-39-42-46-50-54-58-62-73(92)106-68-71-77(96)79(98)83(102)89(110-71)113-86-84(111-75(94)64-60-56-52-48-43-38-32-28-24-20-16-12-8-4)80(99)81(100)85(112-88-82(101)78(97)76(95)70(65-90)109-88)87(86)114-115(103,104)107-67-69(66-105-72(91)61-57-53-49-45-41-37-31-27-23-19-15-11-7-3)108-74(93)63-59-55-51-47-44-40-36-34-30-26-22-18-14-10-6-2/h26,30,37,41,69-71,76-90,95-102H,5-25,27-29,31-36,38-40,42-68H2,1-4H3,(H,103,104)/b30-26-,41-37-. The lowest BCUT2D eigenvalue weighted by atomic mass is 9.84. The number of allylic oxidation sites excluding steroid dienone is 4. The van der Waals surface area contributed by atoms with Crippen LogP contribution in [-0.2, 0) is 70.7 Å². The highest BCUT2D eigenvalue weighted by atomic mass is 31.2. The molecule has 25 nitrogen and oxygen atoms in total. The van der Waals surface area contributed by atoms with E-state index in [-0.39, 0.29) is 25.7 Å². The average Bonchev–Trinajstić information content (AvgIpc) is 0.753. The second kappa shape index (κ2) is 68.5. The summed E-state index contributed by atoms with van der Waals surface area (Å²) in [7, 11) is -5.81. The number of phosphoric ester groups is 1. The summed E-state index contributed by atoms with van der Waals surface area (Å²) in [4.78, 5) is 66.3. The largest absolute Gasteiger partial charge is 0.472 e. The molecule has 115 heavy (non-hydrogen) atoms. The van der Waals surface area contributed by atoms with Crippen LogP contribution in [0, 0.1) is 0 Å². The quantitative estimate of drug-likeness (QED) is 0.00889.